The first-order valence-electron chi connectivity index (χ1n) is 5.73. The summed E-state index contributed by atoms with van der Waals surface area (Å²) in [6.45, 7) is 7.24. The lowest BCUT2D eigenvalue weighted by Crippen LogP contribution is -2.33. The van der Waals surface area contributed by atoms with Gasteiger partial charge in [-0.1, -0.05) is 0 Å². The van der Waals surface area contributed by atoms with Gasteiger partial charge < -0.3 is 20.1 Å². The van der Waals surface area contributed by atoms with Crippen LogP contribution in [-0.2, 0) is 14.3 Å². The van der Waals surface area contributed by atoms with E-state index >= 15 is 0 Å². The smallest absolute Gasteiger partial charge is 0.221 e. The van der Waals surface area contributed by atoms with E-state index in [2.05, 4.69) is 10.6 Å². The number of hydrogen-bond donors (Lipinski definition) is 2. The maximum atomic E-state index is 11.2. The number of amides is 1. The monoisotopic (exact) mass is 232 g/mol. The van der Waals surface area contributed by atoms with E-state index in [9.17, 15) is 4.79 Å². The Balaban J connectivity index is 3.11. The van der Waals surface area contributed by atoms with Gasteiger partial charge in [0.1, 0.15) is 0 Å². The average Bonchev–Trinajstić information content (AvgIpc) is 2.21. The Morgan fingerprint density at radius 3 is 2.56 bits per heavy atom. The van der Waals surface area contributed by atoms with Crippen LogP contribution in [0.1, 0.15) is 20.3 Å². The Morgan fingerprint density at radius 1 is 1.19 bits per heavy atom. The minimum absolute atomic E-state index is 0.0859. The molecule has 1 amide bonds. The molecule has 0 rings (SSSR count). The zero-order valence-corrected chi connectivity index (χ0v) is 10.5. The molecule has 96 valence electrons. The van der Waals surface area contributed by atoms with Crippen LogP contribution in [-0.4, -0.2) is 52.0 Å². The number of carbonyl (C=O) groups excluding carboxylic acids is 1. The molecule has 0 spiro atoms. The molecule has 0 radical (unpaired) electrons. The van der Waals surface area contributed by atoms with Crippen LogP contribution in [0.4, 0.5) is 0 Å². The number of ether oxygens (including phenoxy) is 2. The highest BCUT2D eigenvalue weighted by atomic mass is 16.5. The molecule has 0 saturated carbocycles. The van der Waals surface area contributed by atoms with Gasteiger partial charge in [0.2, 0.25) is 5.91 Å². The summed E-state index contributed by atoms with van der Waals surface area (Å²) < 4.78 is 10.1. The molecule has 0 aromatic rings. The van der Waals surface area contributed by atoms with E-state index in [1.807, 2.05) is 13.8 Å². The van der Waals surface area contributed by atoms with Gasteiger partial charge in [-0.05, 0) is 13.8 Å². The molecular formula is C11H24N2O3. The molecule has 16 heavy (non-hydrogen) atoms. The van der Waals surface area contributed by atoms with Crippen molar-refractivity contribution in [3.63, 3.8) is 0 Å². The zero-order valence-electron chi connectivity index (χ0n) is 10.5. The quantitative estimate of drug-likeness (QED) is 0.527. The largest absolute Gasteiger partial charge is 0.382 e. The summed E-state index contributed by atoms with van der Waals surface area (Å²) >= 11 is 0. The molecule has 0 aromatic heterocycles. The maximum absolute atomic E-state index is 11.2. The fourth-order valence-corrected chi connectivity index (χ4v) is 1.11. The highest BCUT2D eigenvalue weighted by Gasteiger charge is 2.01. The van der Waals surface area contributed by atoms with Crippen molar-refractivity contribution in [2.24, 2.45) is 0 Å². The summed E-state index contributed by atoms with van der Waals surface area (Å²) in [6.07, 6.45) is 0.510. The highest BCUT2D eigenvalue weighted by Crippen LogP contribution is 1.82. The third kappa shape index (κ3) is 11.4. The molecule has 2 N–H and O–H groups in total. The number of methoxy groups -OCH3 is 1. The molecule has 0 unspecified atom stereocenters. The van der Waals surface area contributed by atoms with Gasteiger partial charge in [0.05, 0.1) is 19.8 Å². The second-order valence-electron chi connectivity index (χ2n) is 3.83. The van der Waals surface area contributed by atoms with Crippen molar-refractivity contribution in [2.45, 2.75) is 26.3 Å². The van der Waals surface area contributed by atoms with Crippen molar-refractivity contribution in [1.29, 1.82) is 0 Å². The maximum Gasteiger partial charge on any atom is 0.221 e. The van der Waals surface area contributed by atoms with Crippen LogP contribution in [0.25, 0.3) is 0 Å². The van der Waals surface area contributed by atoms with Crippen molar-refractivity contribution < 1.29 is 14.3 Å². The fourth-order valence-electron chi connectivity index (χ4n) is 1.11. The second kappa shape index (κ2) is 10.9. The van der Waals surface area contributed by atoms with E-state index in [4.69, 9.17) is 9.47 Å². The first-order chi connectivity index (χ1) is 7.66. The number of carbonyl (C=O) groups is 1. The molecule has 5 heteroatoms. The summed E-state index contributed by atoms with van der Waals surface area (Å²) in [6, 6.07) is 0.213. The van der Waals surface area contributed by atoms with Crippen molar-refractivity contribution in [3.05, 3.63) is 0 Å². The van der Waals surface area contributed by atoms with Gasteiger partial charge in [0.25, 0.3) is 0 Å². The standard InChI is InChI=1S/C11H24N2O3/c1-10(2)13-11(14)4-5-12-6-7-16-9-8-15-3/h10,12H,4-9H2,1-3H3,(H,13,14). The Bertz CT molecular complexity index is 175. The van der Waals surface area contributed by atoms with Gasteiger partial charge in [-0.3, -0.25) is 4.79 Å². The summed E-state index contributed by atoms with van der Waals surface area (Å²) in [4.78, 5) is 11.2. The summed E-state index contributed by atoms with van der Waals surface area (Å²) in [5.74, 6) is 0.0859. The minimum atomic E-state index is 0.0859. The van der Waals surface area contributed by atoms with Gasteiger partial charge in [-0.15, -0.1) is 0 Å². The number of nitrogens with one attached hydrogen (secondary N) is 2. The second-order valence-corrected chi connectivity index (χ2v) is 3.83. The Kier molecular flexibility index (Phi) is 10.4. The van der Waals surface area contributed by atoms with Crippen LogP contribution in [0.15, 0.2) is 0 Å². The van der Waals surface area contributed by atoms with Gasteiger partial charge in [-0.25, -0.2) is 0 Å². The molecule has 0 heterocycles. The van der Waals surface area contributed by atoms with E-state index in [0.717, 1.165) is 6.54 Å². The molecule has 0 aliphatic rings. The first-order valence-corrected chi connectivity index (χ1v) is 5.73. The molecule has 0 saturated heterocycles. The number of rotatable bonds is 10. The zero-order chi connectivity index (χ0) is 12.2. The summed E-state index contributed by atoms with van der Waals surface area (Å²) in [5, 5.41) is 5.97. The van der Waals surface area contributed by atoms with E-state index in [0.29, 0.717) is 32.8 Å². The molecule has 0 fully saturated rings. The van der Waals surface area contributed by atoms with Crippen LogP contribution in [0, 0.1) is 0 Å². The van der Waals surface area contributed by atoms with Crippen LogP contribution >= 0.6 is 0 Å². The normalized spacial score (nSPS) is 10.8. The molecule has 0 aromatic carbocycles. The molecule has 0 aliphatic heterocycles. The van der Waals surface area contributed by atoms with Crippen molar-refractivity contribution in [1.82, 2.24) is 10.6 Å². The topological polar surface area (TPSA) is 59.6 Å². The molecular weight excluding hydrogens is 208 g/mol. The van der Waals surface area contributed by atoms with Crippen molar-refractivity contribution in [2.75, 3.05) is 40.0 Å². The highest BCUT2D eigenvalue weighted by molar-refractivity contribution is 5.76. The van der Waals surface area contributed by atoms with Gasteiger partial charge in [0, 0.05) is 32.7 Å². The molecule has 0 atom stereocenters. The summed E-state index contributed by atoms with van der Waals surface area (Å²) in [7, 11) is 1.65. The van der Waals surface area contributed by atoms with E-state index in [-0.39, 0.29) is 11.9 Å². The lowest BCUT2D eigenvalue weighted by atomic mass is 10.3. The molecule has 0 bridgehead atoms. The third-order valence-electron chi connectivity index (χ3n) is 1.83. The third-order valence-corrected chi connectivity index (χ3v) is 1.83. The van der Waals surface area contributed by atoms with Crippen LogP contribution in [0.5, 0.6) is 0 Å². The van der Waals surface area contributed by atoms with Crippen LogP contribution in [0.2, 0.25) is 0 Å². The van der Waals surface area contributed by atoms with Crippen molar-refractivity contribution in [3.8, 4) is 0 Å². The van der Waals surface area contributed by atoms with Gasteiger partial charge >= 0.3 is 0 Å². The lowest BCUT2D eigenvalue weighted by molar-refractivity contribution is -0.121. The first kappa shape index (κ1) is 15.3. The van der Waals surface area contributed by atoms with E-state index in [1.165, 1.54) is 0 Å². The Morgan fingerprint density at radius 2 is 1.94 bits per heavy atom. The van der Waals surface area contributed by atoms with Crippen LogP contribution < -0.4 is 10.6 Å². The molecule has 5 nitrogen and oxygen atoms in total. The number of hydrogen-bond acceptors (Lipinski definition) is 4. The SMILES string of the molecule is COCCOCCNCCC(=O)NC(C)C. The molecule has 0 aliphatic carbocycles. The summed E-state index contributed by atoms with van der Waals surface area (Å²) in [5.41, 5.74) is 0. The minimum Gasteiger partial charge on any atom is -0.382 e. The fraction of sp³-hybridized carbons (Fsp3) is 0.909. The van der Waals surface area contributed by atoms with Gasteiger partial charge in [-0.2, -0.15) is 0 Å². The Hall–Kier alpha value is -0.650. The van der Waals surface area contributed by atoms with E-state index in [1.54, 1.807) is 7.11 Å². The lowest BCUT2D eigenvalue weighted by Gasteiger charge is -2.09. The van der Waals surface area contributed by atoms with Gasteiger partial charge in [0.15, 0.2) is 0 Å². The van der Waals surface area contributed by atoms with Crippen molar-refractivity contribution >= 4 is 5.91 Å². The van der Waals surface area contributed by atoms with Crippen LogP contribution in [0.3, 0.4) is 0 Å². The Labute approximate surface area is 97.9 Å². The predicted molar refractivity (Wildman–Crippen MR) is 63.5 cm³/mol. The predicted octanol–water partition coefficient (Wildman–Crippen LogP) is 0.154. The average molecular weight is 232 g/mol. The van der Waals surface area contributed by atoms with E-state index < -0.39 is 0 Å².